The standard InChI is InChI=1S/C20H20N2O8/c1-11(23)29-7-3-5-21-17(25)13-9-15-16(10-14(13)18(21)26)20(28)22(19(15)27)6-4-8-30-12(2)24/h9-10H,3-8H2,1-2H3. The molecule has 0 saturated carbocycles. The summed E-state index contributed by atoms with van der Waals surface area (Å²) in [5, 5.41) is 0.256. The Balaban J connectivity index is 1.95. The minimum atomic E-state index is -0.561. The van der Waals surface area contributed by atoms with Crippen LogP contribution in [0.15, 0.2) is 31.3 Å². The minimum absolute atomic E-state index is 0.0501. The molecule has 0 N–H and O–H groups in total. The van der Waals surface area contributed by atoms with Gasteiger partial charge in [0, 0.05) is 26.9 Å². The van der Waals surface area contributed by atoms with Crippen molar-refractivity contribution in [3.8, 4) is 0 Å². The van der Waals surface area contributed by atoms with Crippen molar-refractivity contribution in [3.63, 3.8) is 0 Å². The topological polar surface area (TPSA) is 131 Å². The first-order valence-electron chi connectivity index (χ1n) is 9.39. The molecule has 10 nitrogen and oxygen atoms in total. The van der Waals surface area contributed by atoms with Gasteiger partial charge in [0.2, 0.25) is 0 Å². The molecule has 0 radical (unpaired) electrons. The molecule has 30 heavy (non-hydrogen) atoms. The normalized spacial score (nSPS) is 11.3. The van der Waals surface area contributed by atoms with Crippen LogP contribution in [0.4, 0.5) is 0 Å². The Morgan fingerprint density at radius 2 is 0.967 bits per heavy atom. The van der Waals surface area contributed by atoms with Gasteiger partial charge in [0.25, 0.3) is 22.2 Å². The molecule has 1 aromatic carbocycles. The molecule has 0 spiro atoms. The molecular weight excluding hydrogens is 396 g/mol. The smallest absolute Gasteiger partial charge is 0.302 e. The molecule has 0 fully saturated rings. The Morgan fingerprint density at radius 3 is 1.23 bits per heavy atom. The molecule has 0 saturated heterocycles. The van der Waals surface area contributed by atoms with Crippen LogP contribution in [0, 0.1) is 0 Å². The number of aromatic nitrogens is 2. The highest BCUT2D eigenvalue weighted by Gasteiger charge is 2.19. The number of nitrogens with zero attached hydrogens (tertiary/aromatic N) is 2. The predicted molar refractivity (Wildman–Crippen MR) is 107 cm³/mol. The molecule has 158 valence electrons. The molecule has 0 bridgehead atoms. The van der Waals surface area contributed by atoms with E-state index in [1.165, 1.54) is 26.0 Å². The third kappa shape index (κ3) is 3.93. The second-order valence-corrected chi connectivity index (χ2v) is 6.85. The van der Waals surface area contributed by atoms with E-state index in [2.05, 4.69) is 0 Å². The van der Waals surface area contributed by atoms with Gasteiger partial charge in [-0.2, -0.15) is 0 Å². The summed E-state index contributed by atoms with van der Waals surface area (Å²) in [6.07, 6.45) is 0.553. The van der Waals surface area contributed by atoms with Gasteiger partial charge in [0.1, 0.15) is 0 Å². The van der Waals surface area contributed by atoms with Crippen molar-refractivity contribution in [1.82, 2.24) is 9.13 Å². The van der Waals surface area contributed by atoms with E-state index in [-0.39, 0.29) is 60.7 Å². The number of esters is 2. The number of benzene rings is 1. The maximum Gasteiger partial charge on any atom is 0.302 e. The van der Waals surface area contributed by atoms with Crippen LogP contribution in [0.1, 0.15) is 26.7 Å². The summed E-state index contributed by atoms with van der Waals surface area (Å²) in [5.41, 5.74) is -2.24. The molecule has 2 aromatic heterocycles. The maximum absolute atomic E-state index is 12.6. The van der Waals surface area contributed by atoms with Crippen LogP contribution in [-0.4, -0.2) is 34.3 Å². The van der Waals surface area contributed by atoms with E-state index >= 15 is 0 Å². The number of carbonyl (C=O) groups is 2. The summed E-state index contributed by atoms with van der Waals surface area (Å²) in [7, 11) is 0. The summed E-state index contributed by atoms with van der Waals surface area (Å²) in [4.78, 5) is 72.1. The lowest BCUT2D eigenvalue weighted by Crippen LogP contribution is -2.26. The first kappa shape index (κ1) is 21.2. The Morgan fingerprint density at radius 1 is 0.667 bits per heavy atom. The lowest BCUT2D eigenvalue weighted by atomic mass is 10.1. The van der Waals surface area contributed by atoms with Gasteiger partial charge in [-0.15, -0.1) is 0 Å². The van der Waals surface area contributed by atoms with E-state index < -0.39 is 34.2 Å². The lowest BCUT2D eigenvalue weighted by molar-refractivity contribution is -0.142. The van der Waals surface area contributed by atoms with Crippen molar-refractivity contribution in [2.75, 3.05) is 13.2 Å². The Labute approximate surface area is 168 Å². The van der Waals surface area contributed by atoms with Crippen molar-refractivity contribution in [2.24, 2.45) is 0 Å². The highest BCUT2D eigenvalue weighted by molar-refractivity contribution is 5.97. The highest BCUT2D eigenvalue weighted by atomic mass is 16.5. The van der Waals surface area contributed by atoms with Crippen LogP contribution in [0.25, 0.3) is 21.5 Å². The predicted octanol–water partition coefficient (Wildman–Crippen LogP) is -0.181. The Kier molecular flexibility index (Phi) is 5.95. The number of carbonyl (C=O) groups excluding carboxylic acids is 2. The van der Waals surface area contributed by atoms with Crippen molar-refractivity contribution in [2.45, 2.75) is 39.8 Å². The van der Waals surface area contributed by atoms with E-state index in [0.717, 1.165) is 9.13 Å². The maximum atomic E-state index is 12.6. The van der Waals surface area contributed by atoms with E-state index in [0.29, 0.717) is 0 Å². The first-order valence-corrected chi connectivity index (χ1v) is 9.39. The number of ether oxygens (including phenoxy) is 2. The lowest BCUT2D eigenvalue weighted by Gasteiger charge is -2.01. The summed E-state index contributed by atoms with van der Waals surface area (Å²) >= 11 is 0. The average Bonchev–Trinajstić information content (AvgIpc) is 3.06. The molecule has 2 heterocycles. The van der Waals surface area contributed by atoms with Crippen molar-refractivity contribution < 1.29 is 19.1 Å². The fourth-order valence-electron chi connectivity index (χ4n) is 3.36. The van der Waals surface area contributed by atoms with Gasteiger partial charge in [-0.25, -0.2) is 0 Å². The summed E-state index contributed by atoms with van der Waals surface area (Å²) in [5.74, 6) is -0.911. The summed E-state index contributed by atoms with van der Waals surface area (Å²) < 4.78 is 11.6. The average molecular weight is 416 g/mol. The zero-order chi connectivity index (χ0) is 22.0. The molecule has 3 aromatic rings. The molecule has 0 unspecified atom stereocenters. The molecule has 0 atom stereocenters. The van der Waals surface area contributed by atoms with E-state index in [9.17, 15) is 28.8 Å². The van der Waals surface area contributed by atoms with Crippen molar-refractivity contribution >= 4 is 33.5 Å². The van der Waals surface area contributed by atoms with Crippen molar-refractivity contribution in [1.29, 1.82) is 0 Å². The van der Waals surface area contributed by atoms with E-state index in [1.54, 1.807) is 0 Å². The minimum Gasteiger partial charge on any atom is -0.466 e. The summed E-state index contributed by atoms with van der Waals surface area (Å²) in [6, 6.07) is 2.56. The number of hydrogen-bond donors (Lipinski definition) is 0. The molecule has 0 amide bonds. The first-order chi connectivity index (χ1) is 14.2. The number of fused-ring (bicyclic) bond motifs is 2. The van der Waals surface area contributed by atoms with Crippen LogP contribution >= 0.6 is 0 Å². The third-order valence-electron chi connectivity index (χ3n) is 4.72. The van der Waals surface area contributed by atoms with Crippen LogP contribution in [0.2, 0.25) is 0 Å². The van der Waals surface area contributed by atoms with E-state index in [4.69, 9.17) is 9.47 Å². The highest BCUT2D eigenvalue weighted by Crippen LogP contribution is 2.14. The third-order valence-corrected chi connectivity index (χ3v) is 4.72. The van der Waals surface area contributed by atoms with Crippen LogP contribution in [-0.2, 0) is 32.2 Å². The molecular formula is C20H20N2O8. The molecule has 10 heteroatoms. The van der Waals surface area contributed by atoms with Gasteiger partial charge in [0.15, 0.2) is 0 Å². The van der Waals surface area contributed by atoms with Gasteiger partial charge < -0.3 is 9.47 Å². The molecule has 0 aliphatic heterocycles. The van der Waals surface area contributed by atoms with Gasteiger partial charge in [-0.1, -0.05) is 0 Å². The van der Waals surface area contributed by atoms with Crippen LogP contribution in [0.5, 0.6) is 0 Å². The second kappa shape index (κ2) is 8.44. The zero-order valence-electron chi connectivity index (χ0n) is 16.6. The molecule has 3 rings (SSSR count). The van der Waals surface area contributed by atoms with Gasteiger partial charge in [-0.3, -0.25) is 37.9 Å². The SMILES string of the molecule is CC(=O)OCCCn1c(=O)c2cc3c(=O)n(CCCOC(C)=O)c(=O)c3cc2c1=O. The van der Waals surface area contributed by atoms with Crippen LogP contribution < -0.4 is 22.2 Å². The zero-order valence-corrected chi connectivity index (χ0v) is 16.6. The number of hydrogen-bond acceptors (Lipinski definition) is 8. The largest absolute Gasteiger partial charge is 0.466 e. The quantitative estimate of drug-likeness (QED) is 0.365. The Hall–Kier alpha value is -3.56. The van der Waals surface area contributed by atoms with Crippen molar-refractivity contribution in [3.05, 3.63) is 53.5 Å². The molecule has 0 aliphatic carbocycles. The van der Waals surface area contributed by atoms with Crippen LogP contribution in [0.3, 0.4) is 0 Å². The van der Waals surface area contributed by atoms with Gasteiger partial charge in [0.05, 0.1) is 34.8 Å². The Bertz CT molecular complexity index is 1160. The van der Waals surface area contributed by atoms with E-state index in [1.807, 2.05) is 0 Å². The fourth-order valence-corrected chi connectivity index (χ4v) is 3.36. The second-order valence-electron chi connectivity index (χ2n) is 6.85. The summed E-state index contributed by atoms with van der Waals surface area (Å²) in [6.45, 7) is 2.76. The molecule has 0 aliphatic rings. The monoisotopic (exact) mass is 416 g/mol. The van der Waals surface area contributed by atoms with Gasteiger partial charge in [-0.05, 0) is 25.0 Å². The fraction of sp³-hybridized carbons (Fsp3) is 0.400. The number of rotatable bonds is 8. The van der Waals surface area contributed by atoms with Gasteiger partial charge >= 0.3 is 11.9 Å².